The third-order valence-electron chi connectivity index (χ3n) is 5.07. The molecule has 0 bridgehead atoms. The smallest absolute Gasteiger partial charge is 0.480 e. The van der Waals surface area contributed by atoms with Crippen LogP contribution in [-0.2, 0) is 21.0 Å². The van der Waals surface area contributed by atoms with Gasteiger partial charge in [0, 0.05) is 19.6 Å². The summed E-state index contributed by atoms with van der Waals surface area (Å²) in [4.78, 5) is 23.4. The van der Waals surface area contributed by atoms with Crippen molar-refractivity contribution in [3.05, 3.63) is 30.1 Å². The van der Waals surface area contributed by atoms with Gasteiger partial charge in [-0.1, -0.05) is 11.3 Å². The van der Waals surface area contributed by atoms with Crippen molar-refractivity contribution in [2.75, 3.05) is 30.3 Å². The molecule has 0 saturated carbocycles. The fraction of sp³-hybridized carbons (Fsp3) is 0.333. The molecular weight excluding hydrogens is 558 g/mol. The van der Waals surface area contributed by atoms with E-state index in [1.54, 1.807) is 0 Å². The normalized spacial score (nSPS) is 17.8. The van der Waals surface area contributed by atoms with E-state index in [2.05, 4.69) is 19.7 Å². The van der Waals surface area contributed by atoms with Crippen molar-refractivity contribution < 1.29 is 49.4 Å². The molecule has 2 aromatic heterocycles. The summed E-state index contributed by atoms with van der Waals surface area (Å²) in [7, 11) is -4.47. The van der Waals surface area contributed by atoms with Gasteiger partial charge in [0.25, 0.3) is 0 Å². The third-order valence-corrected chi connectivity index (χ3v) is 8.12. The Bertz CT molecular complexity index is 1440. The average Bonchev–Trinajstić information content (AvgIpc) is 3.22. The second kappa shape index (κ2) is 9.14. The van der Waals surface area contributed by atoms with E-state index in [4.69, 9.17) is 5.73 Å². The number of nitrogen functional groups attached to an aromatic ring is 1. The number of sulfonamides is 1. The number of anilines is 2. The van der Waals surface area contributed by atoms with Crippen molar-refractivity contribution in [1.82, 2.24) is 19.3 Å². The molecule has 1 saturated heterocycles. The average molecular weight is 572 g/mol. The minimum Gasteiger partial charge on any atom is -0.480 e. The lowest BCUT2D eigenvalue weighted by atomic mass is 10.2. The Hall–Kier alpha value is -3.45. The van der Waals surface area contributed by atoms with Gasteiger partial charge in [-0.15, -0.1) is 13.2 Å². The monoisotopic (exact) mass is 572 g/mol. The van der Waals surface area contributed by atoms with Gasteiger partial charge >= 0.3 is 18.5 Å². The highest BCUT2D eigenvalue weighted by Crippen LogP contribution is 2.36. The summed E-state index contributed by atoms with van der Waals surface area (Å²) in [5.41, 5.74) is 5.25. The first kappa shape index (κ1) is 26.6. The zero-order chi connectivity index (χ0) is 27.3. The number of aromatic nitrogens is 3. The quantitative estimate of drug-likeness (QED) is 0.437. The molecule has 0 amide bonds. The summed E-state index contributed by atoms with van der Waals surface area (Å²) in [6, 6.07) is 1.57. The number of nitrogens with two attached hydrogens (primary N) is 1. The number of carbonyl (C=O) groups is 1. The van der Waals surface area contributed by atoms with Crippen LogP contribution in [0.2, 0.25) is 0 Å². The maximum absolute atomic E-state index is 13.1. The standard InChI is InChI=1S/C18H14F6N6O5S2/c19-17(20,21)15-26-12(25)11-13(27-15)28-16(36-11)29-5-6-30(10(7-29)14(31)32)37(33,34)9-3-1-8(2-4-9)35-18(22,23)24/h1-4,10H,5-7H2,(H,31,32)(H2,25,26,27)/t10-/m1/s1. The Morgan fingerprint density at radius 2 is 1.73 bits per heavy atom. The van der Waals surface area contributed by atoms with Gasteiger partial charge in [-0.3, -0.25) is 4.79 Å². The second-order valence-electron chi connectivity index (χ2n) is 7.51. The number of carboxylic acids is 1. The zero-order valence-corrected chi connectivity index (χ0v) is 19.6. The summed E-state index contributed by atoms with van der Waals surface area (Å²) in [6.07, 6.45) is -9.87. The number of benzene rings is 1. The van der Waals surface area contributed by atoms with E-state index < -0.39 is 63.4 Å². The van der Waals surface area contributed by atoms with Gasteiger partial charge in [-0.2, -0.15) is 22.5 Å². The van der Waals surface area contributed by atoms with E-state index in [1.165, 1.54) is 4.90 Å². The molecule has 11 nitrogen and oxygen atoms in total. The highest BCUT2D eigenvalue weighted by molar-refractivity contribution is 7.89. The number of thiazole rings is 1. The van der Waals surface area contributed by atoms with Crippen LogP contribution in [0.1, 0.15) is 5.82 Å². The van der Waals surface area contributed by atoms with Gasteiger partial charge in [0.05, 0.1) is 4.90 Å². The zero-order valence-electron chi connectivity index (χ0n) is 18.0. The minimum atomic E-state index is -4.99. The van der Waals surface area contributed by atoms with Crippen LogP contribution in [0.3, 0.4) is 0 Å². The van der Waals surface area contributed by atoms with Gasteiger partial charge < -0.3 is 20.5 Å². The topological polar surface area (TPSA) is 152 Å². The number of hydrogen-bond donors (Lipinski definition) is 2. The van der Waals surface area contributed by atoms with Crippen LogP contribution in [-0.4, -0.2) is 70.8 Å². The number of aliphatic carboxylic acids is 1. The molecule has 0 unspecified atom stereocenters. The van der Waals surface area contributed by atoms with Crippen molar-refractivity contribution >= 4 is 48.6 Å². The summed E-state index contributed by atoms with van der Waals surface area (Å²) in [5, 5.41) is 9.75. The molecule has 1 aliphatic rings. The molecule has 200 valence electrons. The first-order valence-corrected chi connectivity index (χ1v) is 12.2. The van der Waals surface area contributed by atoms with Crippen molar-refractivity contribution in [3.8, 4) is 5.75 Å². The molecule has 3 N–H and O–H groups in total. The molecule has 37 heavy (non-hydrogen) atoms. The minimum absolute atomic E-state index is 0.0334. The Morgan fingerprint density at radius 1 is 1.08 bits per heavy atom. The van der Waals surface area contributed by atoms with Crippen LogP contribution in [0, 0.1) is 0 Å². The number of hydrogen-bond acceptors (Lipinski definition) is 10. The number of nitrogens with zero attached hydrogens (tertiary/aromatic N) is 5. The van der Waals surface area contributed by atoms with Crippen LogP contribution in [0.4, 0.5) is 37.3 Å². The Morgan fingerprint density at radius 3 is 2.30 bits per heavy atom. The lowest BCUT2D eigenvalue weighted by molar-refractivity contribution is -0.274. The van der Waals surface area contributed by atoms with Gasteiger partial charge in [0.15, 0.2) is 10.8 Å². The van der Waals surface area contributed by atoms with E-state index in [0.29, 0.717) is 4.31 Å². The van der Waals surface area contributed by atoms with Crippen molar-refractivity contribution in [3.63, 3.8) is 0 Å². The SMILES string of the molecule is Nc1nc(C(F)(F)F)nc2nc(N3CCN(S(=O)(=O)c4ccc(OC(F)(F)F)cc4)[C@@H](C(=O)O)C3)sc12. The summed E-state index contributed by atoms with van der Waals surface area (Å²) in [5.74, 6) is -4.18. The number of alkyl halides is 6. The molecule has 19 heteroatoms. The maximum atomic E-state index is 13.1. The second-order valence-corrected chi connectivity index (χ2v) is 10.4. The number of ether oxygens (including phenoxy) is 1. The number of rotatable bonds is 5. The van der Waals surface area contributed by atoms with Gasteiger partial charge in [-0.25, -0.2) is 18.4 Å². The van der Waals surface area contributed by atoms with E-state index in [0.717, 1.165) is 35.6 Å². The summed E-state index contributed by atoms with van der Waals surface area (Å²) >= 11 is 0.805. The van der Waals surface area contributed by atoms with Crippen LogP contribution in [0.25, 0.3) is 10.3 Å². The molecule has 1 atom stereocenters. The summed E-state index contributed by atoms with van der Waals surface area (Å²) in [6.45, 7) is -0.939. The fourth-order valence-corrected chi connectivity index (χ4v) is 5.98. The molecule has 1 aromatic carbocycles. The molecule has 0 spiro atoms. The Labute approximate surface area is 207 Å². The molecule has 3 aromatic rings. The van der Waals surface area contributed by atoms with Crippen molar-refractivity contribution in [1.29, 1.82) is 0 Å². The number of fused-ring (bicyclic) bond motifs is 1. The van der Waals surface area contributed by atoms with Crippen LogP contribution >= 0.6 is 11.3 Å². The lowest BCUT2D eigenvalue weighted by Gasteiger charge is -2.38. The maximum Gasteiger partial charge on any atom is 0.573 e. The molecule has 0 radical (unpaired) electrons. The van der Waals surface area contributed by atoms with Gasteiger partial charge in [0.1, 0.15) is 22.3 Å². The van der Waals surface area contributed by atoms with Crippen LogP contribution in [0.5, 0.6) is 5.75 Å². The van der Waals surface area contributed by atoms with E-state index in [9.17, 15) is 44.7 Å². The van der Waals surface area contributed by atoms with E-state index >= 15 is 0 Å². The summed E-state index contributed by atoms with van der Waals surface area (Å²) < 4.78 is 107. The first-order valence-electron chi connectivity index (χ1n) is 9.93. The Kier molecular flexibility index (Phi) is 6.57. The molecule has 3 heterocycles. The predicted octanol–water partition coefficient (Wildman–Crippen LogP) is 2.55. The molecule has 0 aliphatic carbocycles. The van der Waals surface area contributed by atoms with Crippen LogP contribution in [0.15, 0.2) is 29.2 Å². The van der Waals surface area contributed by atoms with Gasteiger partial charge in [-0.05, 0) is 24.3 Å². The molecular formula is C18H14F6N6O5S2. The Balaban J connectivity index is 1.59. The predicted molar refractivity (Wildman–Crippen MR) is 115 cm³/mol. The van der Waals surface area contributed by atoms with Crippen LogP contribution < -0.4 is 15.4 Å². The largest absolute Gasteiger partial charge is 0.573 e. The van der Waals surface area contributed by atoms with Crippen molar-refractivity contribution in [2.24, 2.45) is 0 Å². The molecule has 4 rings (SSSR count). The highest BCUT2D eigenvalue weighted by atomic mass is 32.2. The third kappa shape index (κ3) is 5.47. The van der Waals surface area contributed by atoms with Gasteiger partial charge in [0.2, 0.25) is 15.8 Å². The van der Waals surface area contributed by atoms with E-state index in [1.807, 2.05) is 0 Å². The number of piperazine rings is 1. The fourth-order valence-electron chi connectivity index (χ4n) is 3.47. The number of halogens is 6. The van der Waals surface area contributed by atoms with E-state index in [-0.39, 0.29) is 28.6 Å². The molecule has 1 fully saturated rings. The first-order chi connectivity index (χ1) is 17.1. The lowest BCUT2D eigenvalue weighted by Crippen LogP contribution is -2.58. The highest BCUT2D eigenvalue weighted by Gasteiger charge is 2.42. The number of carboxylic acid groups (broad SMARTS) is 1. The van der Waals surface area contributed by atoms with Crippen molar-refractivity contribution in [2.45, 2.75) is 23.5 Å². The molecule has 1 aliphatic heterocycles.